The monoisotopic (exact) mass is 276 g/mol. The molecular formula is C15H10F2O3. The predicted molar refractivity (Wildman–Crippen MR) is 68.0 cm³/mol. The van der Waals surface area contributed by atoms with Crippen molar-refractivity contribution < 1.29 is 23.1 Å². The van der Waals surface area contributed by atoms with E-state index in [9.17, 15) is 18.4 Å². The smallest absolute Gasteiger partial charge is 0.200 e. The molecule has 2 rings (SSSR count). The fourth-order valence-corrected chi connectivity index (χ4v) is 1.54. The van der Waals surface area contributed by atoms with Gasteiger partial charge < -0.3 is 4.74 Å². The Labute approximate surface area is 113 Å². The number of Topliss-reactive ketones (excluding diaryl/α,β-unsaturated/α-hetero) is 1. The molecule has 0 atom stereocenters. The molecule has 0 aliphatic carbocycles. The van der Waals surface area contributed by atoms with Crippen molar-refractivity contribution in [2.75, 3.05) is 6.61 Å². The van der Waals surface area contributed by atoms with Gasteiger partial charge in [0.15, 0.2) is 24.0 Å². The number of carbonyl (C=O) groups excluding carboxylic acids is 2. The van der Waals surface area contributed by atoms with Gasteiger partial charge in [-0.15, -0.1) is 0 Å². The summed E-state index contributed by atoms with van der Waals surface area (Å²) in [5, 5.41) is 0. The summed E-state index contributed by atoms with van der Waals surface area (Å²) in [7, 11) is 0. The highest BCUT2D eigenvalue weighted by Gasteiger charge is 2.10. The number of halogens is 2. The second kappa shape index (κ2) is 6.06. The molecule has 2 aromatic rings. The normalized spacial score (nSPS) is 10.1. The number of aldehydes is 1. The first-order valence-corrected chi connectivity index (χ1v) is 5.76. The zero-order valence-corrected chi connectivity index (χ0v) is 10.3. The van der Waals surface area contributed by atoms with Gasteiger partial charge in [-0.25, -0.2) is 8.78 Å². The van der Waals surface area contributed by atoms with Crippen LogP contribution in [0, 0.1) is 11.6 Å². The molecule has 0 aliphatic heterocycles. The van der Waals surface area contributed by atoms with Crippen molar-refractivity contribution in [1.29, 1.82) is 0 Å². The van der Waals surface area contributed by atoms with Crippen LogP contribution in [0.3, 0.4) is 0 Å². The zero-order valence-electron chi connectivity index (χ0n) is 10.3. The van der Waals surface area contributed by atoms with Crippen molar-refractivity contribution in [1.82, 2.24) is 0 Å². The average Bonchev–Trinajstić information content (AvgIpc) is 2.48. The Morgan fingerprint density at radius 3 is 2.35 bits per heavy atom. The fraction of sp³-hybridized carbons (Fsp3) is 0.0667. The minimum absolute atomic E-state index is 0.0356. The summed E-state index contributed by atoms with van der Waals surface area (Å²) in [6, 6.07) is 9.09. The standard InChI is InChI=1S/C15H10F2O3/c16-13-6-3-11(7-14(13)17)15(19)9-20-12-4-1-10(8-18)2-5-12/h1-8H,9H2. The van der Waals surface area contributed by atoms with Gasteiger partial charge in [-0.05, 0) is 42.5 Å². The van der Waals surface area contributed by atoms with Crippen LogP contribution in [0.25, 0.3) is 0 Å². The SMILES string of the molecule is O=Cc1ccc(OCC(=O)c2ccc(F)c(F)c2)cc1. The maximum absolute atomic E-state index is 13.0. The number of hydrogen-bond donors (Lipinski definition) is 0. The summed E-state index contributed by atoms with van der Waals surface area (Å²) < 4.78 is 30.9. The Bertz CT molecular complexity index is 636. The van der Waals surface area contributed by atoms with Gasteiger partial charge in [0.25, 0.3) is 0 Å². The molecule has 5 heteroatoms. The first-order valence-electron chi connectivity index (χ1n) is 5.76. The van der Waals surface area contributed by atoms with Gasteiger partial charge in [-0.2, -0.15) is 0 Å². The molecule has 20 heavy (non-hydrogen) atoms. The van der Waals surface area contributed by atoms with E-state index < -0.39 is 17.4 Å². The summed E-state index contributed by atoms with van der Waals surface area (Å²) in [5.41, 5.74) is 0.526. The van der Waals surface area contributed by atoms with Crippen molar-refractivity contribution in [3.8, 4) is 5.75 Å². The van der Waals surface area contributed by atoms with Gasteiger partial charge in [-0.1, -0.05) is 0 Å². The van der Waals surface area contributed by atoms with Crippen molar-refractivity contribution >= 4 is 12.1 Å². The van der Waals surface area contributed by atoms with Crippen LogP contribution in [0.15, 0.2) is 42.5 Å². The second-order valence-corrected chi connectivity index (χ2v) is 4.03. The zero-order chi connectivity index (χ0) is 14.5. The molecule has 102 valence electrons. The number of hydrogen-bond acceptors (Lipinski definition) is 3. The molecular weight excluding hydrogens is 266 g/mol. The minimum Gasteiger partial charge on any atom is -0.485 e. The van der Waals surface area contributed by atoms with Gasteiger partial charge in [0.2, 0.25) is 0 Å². The Morgan fingerprint density at radius 2 is 1.75 bits per heavy atom. The first-order chi connectivity index (χ1) is 9.60. The Kier molecular flexibility index (Phi) is 4.20. The number of carbonyl (C=O) groups is 2. The van der Waals surface area contributed by atoms with Crippen molar-refractivity contribution in [2.45, 2.75) is 0 Å². The van der Waals surface area contributed by atoms with E-state index in [4.69, 9.17) is 4.74 Å². The number of ether oxygens (including phenoxy) is 1. The lowest BCUT2D eigenvalue weighted by atomic mass is 10.1. The van der Waals surface area contributed by atoms with Crippen LogP contribution in [-0.4, -0.2) is 18.7 Å². The molecule has 0 spiro atoms. The van der Waals surface area contributed by atoms with Crippen LogP contribution < -0.4 is 4.74 Å². The molecule has 0 bridgehead atoms. The molecule has 0 saturated carbocycles. The highest BCUT2D eigenvalue weighted by Crippen LogP contribution is 2.13. The Hall–Kier alpha value is -2.56. The topological polar surface area (TPSA) is 43.4 Å². The largest absolute Gasteiger partial charge is 0.485 e. The van der Waals surface area contributed by atoms with E-state index in [0.29, 0.717) is 17.6 Å². The van der Waals surface area contributed by atoms with Crippen LogP contribution in [0.1, 0.15) is 20.7 Å². The molecule has 0 amide bonds. The van der Waals surface area contributed by atoms with E-state index in [1.165, 1.54) is 6.07 Å². The lowest BCUT2D eigenvalue weighted by Gasteiger charge is -2.06. The summed E-state index contributed by atoms with van der Waals surface area (Å²) in [6.07, 6.45) is 0.691. The summed E-state index contributed by atoms with van der Waals surface area (Å²) >= 11 is 0. The highest BCUT2D eigenvalue weighted by molar-refractivity contribution is 5.97. The Balaban J connectivity index is 2.00. The van der Waals surface area contributed by atoms with Gasteiger partial charge in [0, 0.05) is 11.1 Å². The Morgan fingerprint density at radius 1 is 1.05 bits per heavy atom. The molecule has 0 saturated heterocycles. The van der Waals surface area contributed by atoms with E-state index >= 15 is 0 Å². The predicted octanol–water partition coefficient (Wildman–Crippen LogP) is 3.04. The summed E-state index contributed by atoms with van der Waals surface area (Å²) in [5.74, 6) is -2.15. The van der Waals surface area contributed by atoms with Crippen LogP contribution in [0.5, 0.6) is 5.75 Å². The molecule has 0 heterocycles. The minimum atomic E-state index is -1.08. The number of ketones is 1. The molecule has 0 fully saturated rings. The van der Waals surface area contributed by atoms with Crippen molar-refractivity contribution in [2.24, 2.45) is 0 Å². The van der Waals surface area contributed by atoms with Crippen LogP contribution in [-0.2, 0) is 0 Å². The average molecular weight is 276 g/mol. The third-order valence-corrected chi connectivity index (χ3v) is 2.63. The second-order valence-electron chi connectivity index (χ2n) is 4.03. The highest BCUT2D eigenvalue weighted by atomic mass is 19.2. The lowest BCUT2D eigenvalue weighted by molar-refractivity contribution is 0.0920. The molecule has 0 N–H and O–H groups in total. The van der Waals surface area contributed by atoms with E-state index in [0.717, 1.165) is 12.1 Å². The van der Waals surface area contributed by atoms with Gasteiger partial charge in [-0.3, -0.25) is 9.59 Å². The molecule has 0 aromatic heterocycles. The maximum Gasteiger partial charge on any atom is 0.200 e. The van der Waals surface area contributed by atoms with E-state index in [2.05, 4.69) is 0 Å². The molecule has 0 radical (unpaired) electrons. The maximum atomic E-state index is 13.0. The van der Waals surface area contributed by atoms with Crippen LogP contribution >= 0.6 is 0 Å². The molecule has 0 aliphatic rings. The summed E-state index contributed by atoms with van der Waals surface area (Å²) in [4.78, 5) is 22.2. The summed E-state index contributed by atoms with van der Waals surface area (Å²) in [6.45, 7) is -0.300. The number of rotatable bonds is 5. The van der Waals surface area contributed by atoms with Gasteiger partial charge >= 0.3 is 0 Å². The van der Waals surface area contributed by atoms with Crippen LogP contribution in [0.4, 0.5) is 8.78 Å². The van der Waals surface area contributed by atoms with Crippen molar-refractivity contribution in [3.05, 3.63) is 65.2 Å². The van der Waals surface area contributed by atoms with Crippen LogP contribution in [0.2, 0.25) is 0 Å². The van der Waals surface area contributed by atoms with Gasteiger partial charge in [0.05, 0.1) is 0 Å². The number of benzene rings is 2. The first kappa shape index (κ1) is 13.9. The molecule has 0 unspecified atom stereocenters. The molecule has 2 aromatic carbocycles. The van der Waals surface area contributed by atoms with Gasteiger partial charge in [0.1, 0.15) is 12.0 Å². The van der Waals surface area contributed by atoms with Crippen molar-refractivity contribution in [3.63, 3.8) is 0 Å². The quantitative estimate of drug-likeness (QED) is 0.622. The fourth-order valence-electron chi connectivity index (χ4n) is 1.54. The third-order valence-electron chi connectivity index (χ3n) is 2.63. The van der Waals surface area contributed by atoms with E-state index in [1.807, 2.05) is 0 Å². The van der Waals surface area contributed by atoms with E-state index in [-0.39, 0.29) is 12.2 Å². The lowest BCUT2D eigenvalue weighted by Crippen LogP contribution is -2.12. The third kappa shape index (κ3) is 3.26. The molecule has 3 nitrogen and oxygen atoms in total. The van der Waals surface area contributed by atoms with E-state index in [1.54, 1.807) is 24.3 Å².